The summed E-state index contributed by atoms with van der Waals surface area (Å²) in [6, 6.07) is 9.00. The summed E-state index contributed by atoms with van der Waals surface area (Å²) in [5.74, 6) is 0. The summed E-state index contributed by atoms with van der Waals surface area (Å²) in [6.07, 6.45) is 1.64. The fourth-order valence-corrected chi connectivity index (χ4v) is 3.64. The molecule has 21 heavy (non-hydrogen) atoms. The summed E-state index contributed by atoms with van der Waals surface area (Å²) < 4.78 is 26.8. The van der Waals surface area contributed by atoms with Crippen LogP contribution in [-0.2, 0) is 16.6 Å². The van der Waals surface area contributed by atoms with Crippen molar-refractivity contribution in [3.63, 3.8) is 0 Å². The molecule has 0 radical (unpaired) electrons. The van der Waals surface area contributed by atoms with E-state index in [2.05, 4.69) is 4.98 Å². The number of aromatic nitrogens is 1. The van der Waals surface area contributed by atoms with E-state index in [9.17, 15) is 8.42 Å². The minimum absolute atomic E-state index is 0.181. The lowest BCUT2D eigenvalue weighted by molar-refractivity contribution is 0.462. The fourth-order valence-electron chi connectivity index (χ4n) is 2.11. The summed E-state index contributed by atoms with van der Waals surface area (Å²) in [4.78, 5) is 4.33. The molecule has 0 bridgehead atoms. The zero-order chi connectivity index (χ0) is 15.6. The highest BCUT2D eigenvalue weighted by Crippen LogP contribution is 2.28. The Morgan fingerprint density at radius 3 is 2.43 bits per heavy atom. The first-order valence-corrected chi connectivity index (χ1v) is 8.00. The second-order valence-electron chi connectivity index (χ2n) is 5.02. The number of nitrogen functional groups attached to an aromatic ring is 1. The Balaban J connectivity index is 2.41. The normalized spacial score (nSPS) is 11.8. The van der Waals surface area contributed by atoms with Gasteiger partial charge in [0.25, 0.3) is 0 Å². The molecule has 0 saturated carbocycles. The number of nitrogens with two attached hydrogens (primary N) is 1. The standard InChI is InChI=1S/C15H19N3O2S/c1-11-7-8-12(2)15(14(11)16)21(19,20)18(3)10-13-6-4-5-9-17-13/h4-9H,10,16H2,1-3H3. The van der Waals surface area contributed by atoms with E-state index in [1.165, 1.54) is 11.4 Å². The van der Waals surface area contributed by atoms with Crippen molar-refractivity contribution in [2.24, 2.45) is 0 Å². The Morgan fingerprint density at radius 2 is 1.81 bits per heavy atom. The smallest absolute Gasteiger partial charge is 0.245 e. The maximum absolute atomic E-state index is 12.7. The number of sulfonamides is 1. The van der Waals surface area contributed by atoms with Gasteiger partial charge in [0, 0.05) is 13.2 Å². The van der Waals surface area contributed by atoms with Crippen LogP contribution in [0.15, 0.2) is 41.4 Å². The van der Waals surface area contributed by atoms with Crippen molar-refractivity contribution >= 4 is 15.7 Å². The lowest BCUT2D eigenvalue weighted by Gasteiger charge is -2.20. The van der Waals surface area contributed by atoms with Crippen LogP contribution in [0.1, 0.15) is 16.8 Å². The molecule has 2 aromatic rings. The van der Waals surface area contributed by atoms with Crippen molar-refractivity contribution in [2.45, 2.75) is 25.3 Å². The van der Waals surface area contributed by atoms with Gasteiger partial charge in [-0.05, 0) is 37.1 Å². The molecule has 6 heteroatoms. The van der Waals surface area contributed by atoms with Crippen molar-refractivity contribution in [2.75, 3.05) is 12.8 Å². The molecule has 0 aliphatic rings. The Kier molecular flexibility index (Phi) is 4.29. The zero-order valence-corrected chi connectivity index (χ0v) is 13.2. The molecule has 0 spiro atoms. The molecule has 5 nitrogen and oxygen atoms in total. The third-order valence-corrected chi connectivity index (χ3v) is 5.40. The van der Waals surface area contributed by atoms with Crippen molar-refractivity contribution in [3.05, 3.63) is 53.3 Å². The number of rotatable bonds is 4. The predicted octanol–water partition coefficient (Wildman–Crippen LogP) is 2.10. The lowest BCUT2D eigenvalue weighted by atomic mass is 10.1. The molecule has 2 rings (SSSR count). The quantitative estimate of drug-likeness (QED) is 0.878. The average Bonchev–Trinajstić information content (AvgIpc) is 2.44. The molecule has 0 atom stereocenters. The first-order chi connectivity index (χ1) is 9.84. The first kappa shape index (κ1) is 15.5. The van der Waals surface area contributed by atoms with E-state index < -0.39 is 10.0 Å². The van der Waals surface area contributed by atoms with Gasteiger partial charge in [0.1, 0.15) is 4.90 Å². The second kappa shape index (κ2) is 5.83. The van der Waals surface area contributed by atoms with Gasteiger partial charge in [0.15, 0.2) is 0 Å². The van der Waals surface area contributed by atoms with Crippen LogP contribution in [0.25, 0.3) is 0 Å². The summed E-state index contributed by atoms with van der Waals surface area (Å²) >= 11 is 0. The molecule has 0 aliphatic heterocycles. The first-order valence-electron chi connectivity index (χ1n) is 6.56. The summed E-state index contributed by atoms with van der Waals surface area (Å²) in [7, 11) is -2.12. The molecule has 0 saturated heterocycles. The number of hydrogen-bond donors (Lipinski definition) is 1. The van der Waals surface area contributed by atoms with E-state index >= 15 is 0 Å². The van der Waals surface area contributed by atoms with Crippen LogP contribution in [0.3, 0.4) is 0 Å². The van der Waals surface area contributed by atoms with Crippen LogP contribution in [0.2, 0.25) is 0 Å². The van der Waals surface area contributed by atoms with Gasteiger partial charge in [-0.1, -0.05) is 18.2 Å². The number of anilines is 1. The van der Waals surface area contributed by atoms with E-state index in [-0.39, 0.29) is 11.4 Å². The van der Waals surface area contributed by atoms with Crippen molar-refractivity contribution in [3.8, 4) is 0 Å². The Hall–Kier alpha value is -1.92. The van der Waals surface area contributed by atoms with Crippen LogP contribution in [0, 0.1) is 13.8 Å². The van der Waals surface area contributed by atoms with E-state index in [0.29, 0.717) is 16.9 Å². The highest BCUT2D eigenvalue weighted by atomic mass is 32.2. The van der Waals surface area contributed by atoms with Crippen LogP contribution in [-0.4, -0.2) is 24.8 Å². The lowest BCUT2D eigenvalue weighted by Crippen LogP contribution is -2.28. The third-order valence-electron chi connectivity index (χ3n) is 3.39. The largest absolute Gasteiger partial charge is 0.397 e. The zero-order valence-electron chi connectivity index (χ0n) is 12.4. The van der Waals surface area contributed by atoms with E-state index in [4.69, 9.17) is 5.73 Å². The minimum atomic E-state index is -3.65. The molecule has 1 aromatic carbocycles. The molecule has 0 unspecified atom stereocenters. The van der Waals surface area contributed by atoms with Gasteiger partial charge in [-0.3, -0.25) is 4.98 Å². The maximum Gasteiger partial charge on any atom is 0.245 e. The van der Waals surface area contributed by atoms with Gasteiger partial charge >= 0.3 is 0 Å². The second-order valence-corrected chi connectivity index (χ2v) is 7.01. The van der Waals surface area contributed by atoms with Gasteiger partial charge in [-0.2, -0.15) is 4.31 Å². The van der Waals surface area contributed by atoms with Crippen molar-refractivity contribution in [1.82, 2.24) is 9.29 Å². The monoisotopic (exact) mass is 305 g/mol. The van der Waals surface area contributed by atoms with Crippen molar-refractivity contribution < 1.29 is 8.42 Å². The number of nitrogens with zero attached hydrogens (tertiary/aromatic N) is 2. The van der Waals surface area contributed by atoms with E-state index in [0.717, 1.165) is 5.56 Å². The van der Waals surface area contributed by atoms with Crippen LogP contribution in [0.4, 0.5) is 5.69 Å². The van der Waals surface area contributed by atoms with Gasteiger partial charge in [-0.25, -0.2) is 8.42 Å². The number of pyridine rings is 1. The highest BCUT2D eigenvalue weighted by Gasteiger charge is 2.26. The van der Waals surface area contributed by atoms with E-state index in [1.54, 1.807) is 38.2 Å². The number of aryl methyl sites for hydroxylation is 2. The van der Waals surface area contributed by atoms with Gasteiger partial charge in [-0.15, -0.1) is 0 Å². The summed E-state index contributed by atoms with van der Waals surface area (Å²) in [5, 5.41) is 0. The third kappa shape index (κ3) is 3.06. The molecule has 0 amide bonds. The van der Waals surface area contributed by atoms with Crippen LogP contribution >= 0.6 is 0 Å². The maximum atomic E-state index is 12.7. The molecule has 1 aromatic heterocycles. The average molecular weight is 305 g/mol. The van der Waals surface area contributed by atoms with Crippen LogP contribution in [0.5, 0.6) is 0 Å². The molecule has 112 valence electrons. The number of benzene rings is 1. The van der Waals surface area contributed by atoms with Gasteiger partial charge in [0.2, 0.25) is 10.0 Å². The molecular weight excluding hydrogens is 286 g/mol. The van der Waals surface area contributed by atoms with E-state index in [1.807, 2.05) is 12.1 Å². The summed E-state index contributed by atoms with van der Waals surface area (Å²) in [5.41, 5.74) is 8.37. The fraction of sp³-hybridized carbons (Fsp3) is 0.267. The van der Waals surface area contributed by atoms with Crippen LogP contribution < -0.4 is 5.73 Å². The Bertz CT molecular complexity index is 743. The number of hydrogen-bond acceptors (Lipinski definition) is 4. The SMILES string of the molecule is Cc1ccc(C)c(S(=O)(=O)N(C)Cc2ccccn2)c1N. The molecule has 1 heterocycles. The highest BCUT2D eigenvalue weighted by molar-refractivity contribution is 7.89. The summed E-state index contributed by atoms with van der Waals surface area (Å²) in [6.45, 7) is 3.75. The topological polar surface area (TPSA) is 76.3 Å². The molecular formula is C15H19N3O2S. The molecule has 0 aliphatic carbocycles. The predicted molar refractivity (Wildman–Crippen MR) is 83.2 cm³/mol. The van der Waals surface area contributed by atoms with Gasteiger partial charge < -0.3 is 5.73 Å². The van der Waals surface area contributed by atoms with Gasteiger partial charge in [0.05, 0.1) is 17.9 Å². The Morgan fingerprint density at radius 1 is 1.14 bits per heavy atom. The Labute approximate surface area is 125 Å². The molecule has 0 fully saturated rings. The minimum Gasteiger partial charge on any atom is -0.397 e. The molecule has 2 N–H and O–H groups in total. The van der Waals surface area contributed by atoms with Crippen molar-refractivity contribution in [1.29, 1.82) is 0 Å².